The third-order valence-corrected chi connectivity index (χ3v) is 4.54. The Kier molecular flexibility index (Phi) is 4.85. The molecule has 0 fully saturated rings. The summed E-state index contributed by atoms with van der Waals surface area (Å²) in [4.78, 5) is 12.6. The van der Waals surface area contributed by atoms with Crippen molar-refractivity contribution in [3.63, 3.8) is 0 Å². The molecule has 0 unspecified atom stereocenters. The summed E-state index contributed by atoms with van der Waals surface area (Å²) in [5.41, 5.74) is 3.70. The number of ketones is 1. The van der Waals surface area contributed by atoms with Gasteiger partial charge in [0.15, 0.2) is 5.76 Å². The van der Waals surface area contributed by atoms with E-state index in [0.717, 1.165) is 16.9 Å². The van der Waals surface area contributed by atoms with Gasteiger partial charge in [-0.25, -0.2) is 0 Å². The molecule has 0 N–H and O–H groups in total. The van der Waals surface area contributed by atoms with Crippen LogP contribution in [0.25, 0.3) is 6.08 Å². The van der Waals surface area contributed by atoms with Crippen molar-refractivity contribution >= 4 is 11.9 Å². The highest BCUT2D eigenvalue weighted by molar-refractivity contribution is 6.14. The molecule has 4 nitrogen and oxygen atoms in total. The Morgan fingerprint density at radius 3 is 2.50 bits per heavy atom. The molecule has 0 atom stereocenters. The van der Waals surface area contributed by atoms with E-state index in [2.05, 4.69) is 19.1 Å². The van der Waals surface area contributed by atoms with Crippen LogP contribution < -0.4 is 14.2 Å². The molecule has 0 spiro atoms. The lowest BCUT2D eigenvalue weighted by atomic mass is 10.1. The van der Waals surface area contributed by atoms with E-state index in [1.165, 1.54) is 5.56 Å². The second kappa shape index (κ2) is 7.61. The number of benzene rings is 3. The topological polar surface area (TPSA) is 44.8 Å². The lowest BCUT2D eigenvalue weighted by Gasteiger charge is -2.08. The van der Waals surface area contributed by atoms with Gasteiger partial charge in [-0.1, -0.05) is 42.0 Å². The third kappa shape index (κ3) is 3.76. The van der Waals surface area contributed by atoms with Gasteiger partial charge in [-0.15, -0.1) is 0 Å². The molecular weight excluding hydrogens is 352 g/mol. The second-order valence-electron chi connectivity index (χ2n) is 6.65. The van der Waals surface area contributed by atoms with Crippen LogP contribution in [0.5, 0.6) is 17.2 Å². The SMILES string of the molecule is COc1ccc(C=C2Oc3cc(OCc4cccc(C)c4)ccc3C2=O)cc1. The van der Waals surface area contributed by atoms with Crippen LogP contribution in [0.15, 0.2) is 72.5 Å². The highest BCUT2D eigenvalue weighted by Gasteiger charge is 2.27. The van der Waals surface area contributed by atoms with Gasteiger partial charge in [0.2, 0.25) is 5.78 Å². The van der Waals surface area contributed by atoms with Crippen LogP contribution in [0, 0.1) is 6.92 Å². The Labute approximate surface area is 164 Å². The minimum atomic E-state index is -0.129. The smallest absolute Gasteiger partial charge is 0.231 e. The van der Waals surface area contributed by atoms with Crippen LogP contribution in [-0.4, -0.2) is 12.9 Å². The molecule has 4 heteroatoms. The zero-order valence-electron chi connectivity index (χ0n) is 15.8. The van der Waals surface area contributed by atoms with Crippen LogP contribution in [0.4, 0.5) is 0 Å². The van der Waals surface area contributed by atoms with Gasteiger partial charge in [0, 0.05) is 6.07 Å². The van der Waals surface area contributed by atoms with Gasteiger partial charge in [-0.3, -0.25) is 4.79 Å². The maximum Gasteiger partial charge on any atom is 0.231 e. The molecular formula is C24H20O4. The first-order chi connectivity index (χ1) is 13.6. The van der Waals surface area contributed by atoms with Crippen LogP contribution in [0.1, 0.15) is 27.0 Å². The normalized spacial score (nSPS) is 13.9. The maximum atomic E-state index is 12.6. The molecule has 3 aromatic rings. The predicted molar refractivity (Wildman–Crippen MR) is 108 cm³/mol. The fourth-order valence-corrected chi connectivity index (χ4v) is 3.08. The fraction of sp³-hybridized carbons (Fsp3) is 0.125. The van der Waals surface area contributed by atoms with Gasteiger partial charge in [-0.2, -0.15) is 0 Å². The number of allylic oxidation sites excluding steroid dienone is 1. The molecule has 3 aromatic carbocycles. The Morgan fingerprint density at radius 1 is 0.964 bits per heavy atom. The summed E-state index contributed by atoms with van der Waals surface area (Å²) in [6.07, 6.45) is 1.73. The highest BCUT2D eigenvalue weighted by atomic mass is 16.5. The van der Waals surface area contributed by atoms with Gasteiger partial charge in [0.25, 0.3) is 0 Å². The number of aryl methyl sites for hydroxylation is 1. The third-order valence-electron chi connectivity index (χ3n) is 4.54. The van der Waals surface area contributed by atoms with Crippen LogP contribution in [0.2, 0.25) is 0 Å². The second-order valence-corrected chi connectivity index (χ2v) is 6.65. The monoisotopic (exact) mass is 372 g/mol. The first kappa shape index (κ1) is 17.9. The van der Waals surface area contributed by atoms with Gasteiger partial charge >= 0.3 is 0 Å². The Hall–Kier alpha value is -3.53. The minimum Gasteiger partial charge on any atom is -0.497 e. The zero-order valence-corrected chi connectivity index (χ0v) is 15.8. The first-order valence-corrected chi connectivity index (χ1v) is 9.03. The molecule has 4 rings (SSSR count). The number of rotatable bonds is 5. The van der Waals surface area contributed by atoms with E-state index in [9.17, 15) is 4.79 Å². The van der Waals surface area contributed by atoms with Crippen molar-refractivity contribution < 1.29 is 19.0 Å². The Bertz CT molecular complexity index is 1050. The molecule has 0 radical (unpaired) electrons. The van der Waals surface area contributed by atoms with Crippen molar-refractivity contribution in [1.82, 2.24) is 0 Å². The summed E-state index contributed by atoms with van der Waals surface area (Å²) in [5, 5.41) is 0. The van der Waals surface area contributed by atoms with Gasteiger partial charge in [-0.05, 0) is 48.4 Å². The quantitative estimate of drug-likeness (QED) is 0.578. The molecule has 0 aromatic heterocycles. The van der Waals surface area contributed by atoms with E-state index in [1.807, 2.05) is 36.4 Å². The van der Waals surface area contributed by atoms with Crippen molar-refractivity contribution in [2.75, 3.05) is 7.11 Å². The Morgan fingerprint density at radius 2 is 1.75 bits per heavy atom. The molecule has 1 heterocycles. The van der Waals surface area contributed by atoms with Crippen LogP contribution >= 0.6 is 0 Å². The van der Waals surface area contributed by atoms with Crippen LogP contribution in [0.3, 0.4) is 0 Å². The average molecular weight is 372 g/mol. The largest absolute Gasteiger partial charge is 0.497 e. The summed E-state index contributed by atoms with van der Waals surface area (Å²) in [7, 11) is 1.62. The van der Waals surface area contributed by atoms with Crippen LogP contribution in [-0.2, 0) is 6.61 Å². The van der Waals surface area contributed by atoms with E-state index >= 15 is 0 Å². The van der Waals surface area contributed by atoms with E-state index in [-0.39, 0.29) is 5.78 Å². The number of carbonyl (C=O) groups is 1. The standard InChI is InChI=1S/C24H20O4/c1-16-4-3-5-18(12-16)15-27-20-10-11-21-22(14-20)28-23(24(21)25)13-17-6-8-19(26-2)9-7-17/h3-14H,15H2,1-2H3. The Balaban J connectivity index is 1.49. The number of ether oxygens (including phenoxy) is 3. The van der Waals surface area contributed by atoms with E-state index < -0.39 is 0 Å². The van der Waals surface area contributed by atoms with E-state index in [1.54, 1.807) is 31.4 Å². The van der Waals surface area contributed by atoms with Gasteiger partial charge in [0.1, 0.15) is 23.9 Å². The molecule has 28 heavy (non-hydrogen) atoms. The lowest BCUT2D eigenvalue weighted by molar-refractivity contribution is 0.101. The zero-order chi connectivity index (χ0) is 19.5. The molecule has 1 aliphatic heterocycles. The van der Waals surface area contributed by atoms with Gasteiger partial charge in [0.05, 0.1) is 12.7 Å². The van der Waals surface area contributed by atoms with Crippen molar-refractivity contribution in [3.05, 3.63) is 94.7 Å². The van der Waals surface area contributed by atoms with E-state index in [0.29, 0.717) is 29.4 Å². The molecule has 0 saturated carbocycles. The number of fused-ring (bicyclic) bond motifs is 1. The number of Topliss-reactive ketones (excluding diaryl/α,β-unsaturated/α-hetero) is 1. The van der Waals surface area contributed by atoms with Gasteiger partial charge < -0.3 is 14.2 Å². The van der Waals surface area contributed by atoms with Crippen molar-refractivity contribution in [2.24, 2.45) is 0 Å². The first-order valence-electron chi connectivity index (χ1n) is 9.03. The molecule has 0 aliphatic carbocycles. The molecule has 0 bridgehead atoms. The number of hydrogen-bond acceptors (Lipinski definition) is 4. The summed E-state index contributed by atoms with van der Waals surface area (Å²) in [6, 6.07) is 20.9. The highest BCUT2D eigenvalue weighted by Crippen LogP contribution is 2.35. The van der Waals surface area contributed by atoms with Crippen molar-refractivity contribution in [2.45, 2.75) is 13.5 Å². The maximum absolute atomic E-state index is 12.6. The fourth-order valence-electron chi connectivity index (χ4n) is 3.08. The summed E-state index contributed by atoms with van der Waals surface area (Å²) in [6.45, 7) is 2.51. The minimum absolute atomic E-state index is 0.129. The number of hydrogen-bond donors (Lipinski definition) is 0. The number of carbonyl (C=O) groups excluding carboxylic acids is 1. The molecule has 140 valence electrons. The number of methoxy groups -OCH3 is 1. The average Bonchev–Trinajstić information content (AvgIpc) is 3.02. The van der Waals surface area contributed by atoms with E-state index in [4.69, 9.17) is 14.2 Å². The molecule has 1 aliphatic rings. The predicted octanol–water partition coefficient (Wildman–Crippen LogP) is 5.20. The van der Waals surface area contributed by atoms with Crippen molar-refractivity contribution in [1.29, 1.82) is 0 Å². The summed E-state index contributed by atoms with van der Waals surface area (Å²) >= 11 is 0. The molecule has 0 saturated heterocycles. The lowest BCUT2D eigenvalue weighted by Crippen LogP contribution is -1.98. The summed E-state index contributed by atoms with van der Waals surface area (Å²) < 4.78 is 16.8. The summed E-state index contributed by atoms with van der Waals surface area (Å²) in [5.74, 6) is 2.12. The van der Waals surface area contributed by atoms with Crippen molar-refractivity contribution in [3.8, 4) is 17.2 Å². The molecule has 0 amide bonds.